The number of aryl methyl sites for hydroxylation is 2. The summed E-state index contributed by atoms with van der Waals surface area (Å²) < 4.78 is 1.84. The predicted molar refractivity (Wildman–Crippen MR) is 72.5 cm³/mol. The third kappa shape index (κ3) is 2.70. The molecule has 0 aliphatic heterocycles. The van der Waals surface area contributed by atoms with E-state index in [1.54, 1.807) is 29.8 Å². The zero-order valence-electron chi connectivity index (χ0n) is 10.4. The molecule has 2 heterocycles. The number of hydrogen-bond donors (Lipinski definition) is 2. The molecule has 0 saturated heterocycles. The summed E-state index contributed by atoms with van der Waals surface area (Å²) in [7, 11) is 0. The number of rotatable bonds is 4. The fraction of sp³-hybridized carbons (Fsp3) is 0.333. The first kappa shape index (κ1) is 12.6. The third-order valence-corrected chi connectivity index (χ3v) is 3.50. The molecule has 96 valence electrons. The molecule has 0 radical (unpaired) electrons. The molecule has 2 rings (SSSR count). The number of thiazole rings is 1. The number of aromatic nitrogens is 2. The topological polar surface area (TPSA) is 72.9 Å². The van der Waals surface area contributed by atoms with E-state index in [0.29, 0.717) is 17.9 Å². The standard InChI is InChI=1S/C12H16N4OS/c1-3-16-7-9(13)4-11(16)12(17)15-6-10-5-14-8(2)18-10/h4-5,7H,3,6,13H2,1-2H3,(H,15,17). The Morgan fingerprint density at radius 1 is 1.61 bits per heavy atom. The van der Waals surface area contributed by atoms with Crippen LogP contribution >= 0.6 is 11.3 Å². The van der Waals surface area contributed by atoms with Gasteiger partial charge >= 0.3 is 0 Å². The second kappa shape index (κ2) is 5.22. The minimum atomic E-state index is -0.111. The van der Waals surface area contributed by atoms with Gasteiger partial charge in [-0.05, 0) is 19.9 Å². The Morgan fingerprint density at radius 2 is 2.39 bits per heavy atom. The van der Waals surface area contributed by atoms with E-state index in [1.807, 2.05) is 18.4 Å². The SMILES string of the molecule is CCn1cc(N)cc1C(=O)NCc1cnc(C)s1. The van der Waals surface area contributed by atoms with Crippen LogP contribution in [-0.2, 0) is 13.1 Å². The molecule has 2 aromatic heterocycles. The van der Waals surface area contributed by atoms with E-state index in [1.165, 1.54) is 0 Å². The van der Waals surface area contributed by atoms with Crippen molar-refractivity contribution in [2.24, 2.45) is 0 Å². The van der Waals surface area contributed by atoms with Crippen LogP contribution in [0.15, 0.2) is 18.5 Å². The summed E-state index contributed by atoms with van der Waals surface area (Å²) >= 11 is 1.58. The highest BCUT2D eigenvalue weighted by molar-refractivity contribution is 7.11. The van der Waals surface area contributed by atoms with Crippen molar-refractivity contribution in [1.82, 2.24) is 14.9 Å². The number of amides is 1. The molecule has 0 saturated carbocycles. The highest BCUT2D eigenvalue weighted by Gasteiger charge is 2.12. The molecule has 0 aromatic carbocycles. The van der Waals surface area contributed by atoms with Crippen molar-refractivity contribution < 1.29 is 4.79 Å². The van der Waals surface area contributed by atoms with Crippen LogP contribution in [0.4, 0.5) is 5.69 Å². The summed E-state index contributed by atoms with van der Waals surface area (Å²) in [4.78, 5) is 17.2. The van der Waals surface area contributed by atoms with Gasteiger partial charge in [-0.15, -0.1) is 11.3 Å². The average Bonchev–Trinajstić information content (AvgIpc) is 2.92. The van der Waals surface area contributed by atoms with E-state index in [2.05, 4.69) is 10.3 Å². The van der Waals surface area contributed by atoms with E-state index in [4.69, 9.17) is 5.73 Å². The van der Waals surface area contributed by atoms with E-state index in [0.717, 1.165) is 16.4 Å². The van der Waals surface area contributed by atoms with Crippen molar-refractivity contribution in [1.29, 1.82) is 0 Å². The summed E-state index contributed by atoms with van der Waals surface area (Å²) in [6.07, 6.45) is 3.55. The van der Waals surface area contributed by atoms with Gasteiger partial charge in [0, 0.05) is 23.8 Å². The first-order valence-electron chi connectivity index (χ1n) is 5.75. The number of carbonyl (C=O) groups excluding carboxylic acids is 1. The van der Waals surface area contributed by atoms with Crippen LogP contribution in [0.2, 0.25) is 0 Å². The number of anilines is 1. The maximum Gasteiger partial charge on any atom is 0.268 e. The van der Waals surface area contributed by atoms with Gasteiger partial charge in [-0.25, -0.2) is 4.98 Å². The van der Waals surface area contributed by atoms with Crippen molar-refractivity contribution in [3.63, 3.8) is 0 Å². The molecule has 0 aliphatic rings. The lowest BCUT2D eigenvalue weighted by molar-refractivity contribution is 0.0942. The van der Waals surface area contributed by atoms with Gasteiger partial charge in [-0.3, -0.25) is 4.79 Å². The molecule has 0 spiro atoms. The summed E-state index contributed by atoms with van der Waals surface area (Å²) in [5, 5.41) is 3.87. The molecule has 5 nitrogen and oxygen atoms in total. The molecule has 3 N–H and O–H groups in total. The quantitative estimate of drug-likeness (QED) is 0.884. The lowest BCUT2D eigenvalue weighted by Crippen LogP contribution is -2.24. The zero-order valence-corrected chi connectivity index (χ0v) is 11.3. The molecular weight excluding hydrogens is 248 g/mol. The molecule has 18 heavy (non-hydrogen) atoms. The normalized spacial score (nSPS) is 10.6. The lowest BCUT2D eigenvalue weighted by atomic mass is 10.3. The van der Waals surface area contributed by atoms with Gasteiger partial charge in [0.1, 0.15) is 5.69 Å². The monoisotopic (exact) mass is 264 g/mol. The van der Waals surface area contributed by atoms with Crippen LogP contribution < -0.4 is 11.1 Å². The largest absolute Gasteiger partial charge is 0.397 e. The summed E-state index contributed by atoms with van der Waals surface area (Å²) in [5.41, 5.74) is 6.90. The Morgan fingerprint density at radius 3 is 3.00 bits per heavy atom. The molecule has 0 fully saturated rings. The molecule has 1 amide bonds. The van der Waals surface area contributed by atoms with Crippen molar-refractivity contribution in [3.05, 3.63) is 34.0 Å². The minimum Gasteiger partial charge on any atom is -0.397 e. The molecule has 0 aliphatic carbocycles. The van der Waals surface area contributed by atoms with Gasteiger partial charge < -0.3 is 15.6 Å². The summed E-state index contributed by atoms with van der Waals surface area (Å²) in [5.74, 6) is -0.111. The molecular formula is C12H16N4OS. The van der Waals surface area contributed by atoms with Crippen LogP contribution in [0.1, 0.15) is 27.3 Å². The van der Waals surface area contributed by atoms with E-state index in [9.17, 15) is 4.79 Å². The first-order valence-corrected chi connectivity index (χ1v) is 6.57. The maximum atomic E-state index is 12.0. The first-order chi connectivity index (χ1) is 8.60. The zero-order chi connectivity index (χ0) is 13.1. The second-order valence-corrected chi connectivity index (χ2v) is 5.29. The van der Waals surface area contributed by atoms with Gasteiger partial charge in [0.2, 0.25) is 0 Å². The van der Waals surface area contributed by atoms with Crippen molar-refractivity contribution in [2.75, 3.05) is 5.73 Å². The molecule has 6 heteroatoms. The van der Waals surface area contributed by atoms with Crippen molar-refractivity contribution >= 4 is 22.9 Å². The summed E-state index contributed by atoms with van der Waals surface area (Å²) in [6, 6.07) is 1.69. The predicted octanol–water partition coefficient (Wildman–Crippen LogP) is 1.79. The maximum absolute atomic E-state index is 12.0. The van der Waals surface area contributed by atoms with Crippen LogP contribution in [0, 0.1) is 6.92 Å². The number of nitrogens with zero attached hydrogens (tertiary/aromatic N) is 2. The fourth-order valence-electron chi connectivity index (χ4n) is 1.73. The Labute approximate surface area is 110 Å². The minimum absolute atomic E-state index is 0.111. The molecule has 0 bridgehead atoms. The van der Waals surface area contributed by atoms with Crippen LogP contribution in [-0.4, -0.2) is 15.5 Å². The number of nitrogens with two attached hydrogens (primary N) is 1. The van der Waals surface area contributed by atoms with Crippen molar-refractivity contribution in [3.8, 4) is 0 Å². The number of nitrogen functional groups attached to an aromatic ring is 1. The average molecular weight is 264 g/mol. The van der Waals surface area contributed by atoms with Gasteiger partial charge in [0.15, 0.2) is 0 Å². The van der Waals surface area contributed by atoms with Crippen LogP contribution in [0.3, 0.4) is 0 Å². The Kier molecular flexibility index (Phi) is 3.66. The Bertz CT molecular complexity index is 558. The highest BCUT2D eigenvalue weighted by atomic mass is 32.1. The Hall–Kier alpha value is -1.82. The molecule has 0 atom stereocenters. The Balaban J connectivity index is 2.03. The number of hydrogen-bond acceptors (Lipinski definition) is 4. The van der Waals surface area contributed by atoms with Gasteiger partial charge in [-0.2, -0.15) is 0 Å². The fourth-order valence-corrected chi connectivity index (χ4v) is 2.46. The number of carbonyl (C=O) groups is 1. The second-order valence-electron chi connectivity index (χ2n) is 3.97. The van der Waals surface area contributed by atoms with Crippen molar-refractivity contribution in [2.45, 2.75) is 26.9 Å². The van der Waals surface area contributed by atoms with E-state index >= 15 is 0 Å². The van der Waals surface area contributed by atoms with Gasteiger partial charge in [0.25, 0.3) is 5.91 Å². The van der Waals surface area contributed by atoms with Gasteiger partial charge in [0.05, 0.1) is 17.2 Å². The van der Waals surface area contributed by atoms with E-state index in [-0.39, 0.29) is 5.91 Å². The highest BCUT2D eigenvalue weighted by Crippen LogP contribution is 2.13. The van der Waals surface area contributed by atoms with Crippen LogP contribution in [0.25, 0.3) is 0 Å². The third-order valence-electron chi connectivity index (χ3n) is 2.58. The lowest BCUT2D eigenvalue weighted by Gasteiger charge is -2.06. The van der Waals surface area contributed by atoms with Gasteiger partial charge in [-0.1, -0.05) is 0 Å². The van der Waals surface area contributed by atoms with Crippen LogP contribution in [0.5, 0.6) is 0 Å². The smallest absolute Gasteiger partial charge is 0.268 e. The summed E-state index contributed by atoms with van der Waals surface area (Å²) in [6.45, 7) is 5.14. The van der Waals surface area contributed by atoms with E-state index < -0.39 is 0 Å². The molecule has 0 unspecified atom stereocenters. The molecule has 2 aromatic rings. The number of nitrogens with one attached hydrogen (secondary N) is 1.